The Hall–Kier alpha value is -3.42. The summed E-state index contributed by atoms with van der Waals surface area (Å²) in [5.74, 6) is -0.490. The number of nitrogens with zero attached hydrogens (tertiary/aromatic N) is 2. The molecule has 4 rings (SSSR count). The number of fused-ring (bicyclic) bond motifs is 1. The number of H-pyrrole nitrogens is 2. The molecule has 120 valence electrons. The average molecular weight is 326 g/mol. The molecule has 0 saturated heterocycles. The van der Waals surface area contributed by atoms with E-state index in [0.717, 1.165) is 0 Å². The van der Waals surface area contributed by atoms with Gasteiger partial charge in [0, 0.05) is 40.0 Å². The molecule has 1 aromatic carbocycles. The van der Waals surface area contributed by atoms with Gasteiger partial charge in [0.1, 0.15) is 5.82 Å². The highest BCUT2D eigenvalue weighted by Gasteiger charge is 2.17. The highest BCUT2D eigenvalue weighted by Crippen LogP contribution is 2.35. The Morgan fingerprint density at radius 3 is 2.88 bits per heavy atom. The second-order valence-corrected chi connectivity index (χ2v) is 5.08. The number of hydrogen-bond acceptors (Lipinski definition) is 5. The fourth-order valence-electron chi connectivity index (χ4n) is 2.65. The monoisotopic (exact) mass is 326 g/mol. The van der Waals surface area contributed by atoms with Gasteiger partial charge in [-0.15, -0.1) is 0 Å². The molecule has 0 aliphatic carbocycles. The van der Waals surface area contributed by atoms with Crippen LogP contribution in [0.4, 0.5) is 4.39 Å². The second-order valence-electron chi connectivity index (χ2n) is 5.08. The summed E-state index contributed by atoms with van der Waals surface area (Å²) < 4.78 is 24.3. The molecule has 0 bridgehead atoms. The lowest BCUT2D eigenvalue weighted by Gasteiger charge is -2.08. The Kier molecular flexibility index (Phi) is 3.16. The van der Waals surface area contributed by atoms with Gasteiger partial charge >= 0.3 is 5.76 Å². The minimum absolute atomic E-state index is 0.266. The van der Waals surface area contributed by atoms with Crippen molar-refractivity contribution >= 4 is 10.9 Å². The van der Waals surface area contributed by atoms with E-state index in [2.05, 4.69) is 24.6 Å². The van der Waals surface area contributed by atoms with E-state index in [1.807, 2.05) is 0 Å². The van der Waals surface area contributed by atoms with Gasteiger partial charge in [-0.25, -0.2) is 14.2 Å². The SMILES string of the molecule is COc1ncccc1-c1cc2c(-c3noc(=O)[nH]3)c[nH]c2cc1F. The van der Waals surface area contributed by atoms with Crippen molar-refractivity contribution in [2.45, 2.75) is 0 Å². The third kappa shape index (κ3) is 2.16. The van der Waals surface area contributed by atoms with Crippen LogP contribution in [-0.2, 0) is 0 Å². The van der Waals surface area contributed by atoms with Crippen LogP contribution in [-0.4, -0.2) is 27.2 Å². The van der Waals surface area contributed by atoms with Gasteiger partial charge in [-0.2, -0.15) is 0 Å². The Balaban J connectivity index is 1.97. The molecule has 0 amide bonds. The molecule has 8 heteroatoms. The fourth-order valence-corrected chi connectivity index (χ4v) is 2.65. The van der Waals surface area contributed by atoms with Crippen molar-refractivity contribution in [3.05, 3.63) is 53.0 Å². The number of hydrogen-bond donors (Lipinski definition) is 2. The first-order chi connectivity index (χ1) is 11.7. The molecule has 0 aliphatic heterocycles. The first-order valence-electron chi connectivity index (χ1n) is 7.03. The summed E-state index contributed by atoms with van der Waals surface area (Å²) in [4.78, 5) is 20.7. The zero-order valence-electron chi connectivity index (χ0n) is 12.5. The lowest BCUT2D eigenvalue weighted by molar-refractivity contribution is 0.388. The number of aromatic amines is 2. The average Bonchev–Trinajstić information content (AvgIpc) is 3.19. The summed E-state index contributed by atoms with van der Waals surface area (Å²) in [6, 6.07) is 6.46. The van der Waals surface area contributed by atoms with Crippen LogP contribution in [0.25, 0.3) is 33.4 Å². The normalized spacial score (nSPS) is 11.1. The van der Waals surface area contributed by atoms with Crippen LogP contribution in [0.2, 0.25) is 0 Å². The van der Waals surface area contributed by atoms with Gasteiger partial charge in [0.25, 0.3) is 0 Å². The van der Waals surface area contributed by atoms with Gasteiger partial charge in [-0.3, -0.25) is 9.51 Å². The largest absolute Gasteiger partial charge is 0.481 e. The summed E-state index contributed by atoms with van der Waals surface area (Å²) in [6.45, 7) is 0. The van der Waals surface area contributed by atoms with Crippen LogP contribution in [0.15, 0.2) is 46.0 Å². The van der Waals surface area contributed by atoms with E-state index in [4.69, 9.17) is 4.74 Å². The van der Waals surface area contributed by atoms with E-state index < -0.39 is 11.6 Å². The summed E-state index contributed by atoms with van der Waals surface area (Å²) >= 11 is 0. The molecule has 0 fully saturated rings. The third-order valence-corrected chi connectivity index (χ3v) is 3.72. The number of rotatable bonds is 3. The highest BCUT2D eigenvalue weighted by molar-refractivity contribution is 5.96. The topological polar surface area (TPSA) is 96.8 Å². The molecule has 0 spiro atoms. The number of halogens is 1. The summed E-state index contributed by atoms with van der Waals surface area (Å²) in [7, 11) is 1.48. The van der Waals surface area contributed by atoms with Crippen molar-refractivity contribution in [2.24, 2.45) is 0 Å². The van der Waals surface area contributed by atoms with E-state index in [1.54, 1.807) is 30.6 Å². The van der Waals surface area contributed by atoms with Crippen molar-refractivity contribution < 1.29 is 13.7 Å². The van der Waals surface area contributed by atoms with E-state index in [-0.39, 0.29) is 5.82 Å². The first-order valence-corrected chi connectivity index (χ1v) is 7.03. The summed E-state index contributed by atoms with van der Waals surface area (Å²) in [5.41, 5.74) is 2.03. The standard InChI is InChI=1S/C16H11FN4O3/c1-23-15-8(3-2-4-18-15)9-5-10-11(14-20-16(22)24-21-14)7-19-13(10)6-12(9)17/h2-7,19H,1H3,(H,20,21,22). The molecule has 3 aromatic heterocycles. The molecule has 0 aliphatic rings. The van der Waals surface area contributed by atoms with E-state index >= 15 is 0 Å². The number of ether oxygens (including phenoxy) is 1. The van der Waals surface area contributed by atoms with E-state index in [1.165, 1.54) is 13.2 Å². The Bertz CT molecular complexity index is 1100. The molecule has 4 aromatic rings. The van der Waals surface area contributed by atoms with Crippen molar-refractivity contribution in [3.63, 3.8) is 0 Å². The number of nitrogens with one attached hydrogen (secondary N) is 2. The molecular formula is C16H11FN4O3. The van der Waals surface area contributed by atoms with Crippen molar-refractivity contribution in [1.82, 2.24) is 20.1 Å². The summed E-state index contributed by atoms with van der Waals surface area (Å²) in [6.07, 6.45) is 3.20. The molecule has 0 radical (unpaired) electrons. The Labute approximate surface area is 134 Å². The van der Waals surface area contributed by atoms with Gasteiger partial charge in [0.05, 0.1) is 7.11 Å². The third-order valence-electron chi connectivity index (χ3n) is 3.72. The maximum atomic E-state index is 14.5. The molecule has 0 unspecified atom stereocenters. The second kappa shape index (κ2) is 5.34. The zero-order valence-corrected chi connectivity index (χ0v) is 12.5. The number of benzene rings is 1. The predicted octanol–water partition coefficient (Wildman–Crippen LogP) is 2.72. The Morgan fingerprint density at radius 1 is 1.25 bits per heavy atom. The fraction of sp³-hybridized carbons (Fsp3) is 0.0625. The quantitative estimate of drug-likeness (QED) is 0.603. The molecule has 3 heterocycles. The Morgan fingerprint density at radius 2 is 2.12 bits per heavy atom. The van der Waals surface area contributed by atoms with E-state index in [9.17, 15) is 9.18 Å². The lowest BCUT2D eigenvalue weighted by Crippen LogP contribution is -1.95. The van der Waals surface area contributed by atoms with Gasteiger partial charge in [0.15, 0.2) is 5.82 Å². The molecule has 0 saturated carbocycles. The van der Waals surface area contributed by atoms with Crippen LogP contribution < -0.4 is 10.5 Å². The van der Waals surface area contributed by atoms with Crippen LogP contribution in [0, 0.1) is 5.82 Å². The molecule has 2 N–H and O–H groups in total. The lowest BCUT2D eigenvalue weighted by atomic mass is 10.0. The number of pyridine rings is 1. The van der Waals surface area contributed by atoms with Crippen LogP contribution in [0.1, 0.15) is 0 Å². The van der Waals surface area contributed by atoms with Gasteiger partial charge in [-0.1, -0.05) is 5.16 Å². The van der Waals surface area contributed by atoms with Gasteiger partial charge < -0.3 is 9.72 Å². The maximum absolute atomic E-state index is 14.5. The number of aromatic nitrogens is 4. The van der Waals surface area contributed by atoms with Crippen LogP contribution >= 0.6 is 0 Å². The number of methoxy groups -OCH3 is 1. The molecule has 0 atom stereocenters. The van der Waals surface area contributed by atoms with Crippen LogP contribution in [0.5, 0.6) is 5.88 Å². The minimum atomic E-state index is -0.657. The van der Waals surface area contributed by atoms with Crippen LogP contribution in [0.3, 0.4) is 0 Å². The van der Waals surface area contributed by atoms with Gasteiger partial charge in [-0.05, 0) is 24.3 Å². The molecule has 7 nitrogen and oxygen atoms in total. The zero-order chi connectivity index (χ0) is 16.7. The molecule has 24 heavy (non-hydrogen) atoms. The summed E-state index contributed by atoms with van der Waals surface area (Å²) in [5, 5.41) is 4.36. The van der Waals surface area contributed by atoms with E-state index in [0.29, 0.717) is 33.5 Å². The minimum Gasteiger partial charge on any atom is -0.481 e. The van der Waals surface area contributed by atoms with Crippen molar-refractivity contribution in [1.29, 1.82) is 0 Å². The molecular weight excluding hydrogens is 315 g/mol. The predicted molar refractivity (Wildman–Crippen MR) is 84.2 cm³/mol. The maximum Gasteiger partial charge on any atom is 0.439 e. The highest BCUT2D eigenvalue weighted by atomic mass is 19.1. The van der Waals surface area contributed by atoms with Crippen molar-refractivity contribution in [3.8, 4) is 28.4 Å². The first kappa shape index (κ1) is 14.2. The smallest absolute Gasteiger partial charge is 0.439 e. The van der Waals surface area contributed by atoms with Crippen molar-refractivity contribution in [2.75, 3.05) is 7.11 Å². The van der Waals surface area contributed by atoms with Gasteiger partial charge in [0.2, 0.25) is 5.88 Å².